The van der Waals surface area contributed by atoms with Crippen molar-refractivity contribution in [1.29, 1.82) is 0 Å². The van der Waals surface area contributed by atoms with E-state index in [-0.39, 0.29) is 37.3 Å². The van der Waals surface area contributed by atoms with E-state index in [0.717, 1.165) is 0 Å². The monoisotopic (exact) mass is 1090 g/mol. The van der Waals surface area contributed by atoms with Gasteiger partial charge in [-0.2, -0.15) is 0 Å². The number of ether oxygens (including phenoxy) is 8. The Labute approximate surface area is 448 Å². The molecule has 1 unspecified atom stereocenters. The SMILES string of the molecule is CC[C@H]1OC(=O)[C@H](C)[C@@H](O[C@H]2C[C@@](C)(OC)[C@@H](O)[C@H](C)O2)[C@H](C)[C@@H](O[C@H]2C[C@@H](N(C)CCc3cn([C@H](CF)[C@H](OC)c4ccc([S+]([O-])CCOC)cc4)nn3)C[C@@H](C)O2)[C@](C)(O)C[C@@H](C)CN(C)[C@H](C)[C@@H](O)[C@]1(C)O. The molecule has 1 aromatic carbocycles. The second-order valence-electron chi connectivity index (χ2n) is 22.5. The molecular weight excluding hydrogens is 994 g/mol. The molecule has 3 aliphatic heterocycles. The lowest BCUT2D eigenvalue weighted by molar-refractivity contribution is -0.308. The van der Waals surface area contributed by atoms with Crippen LogP contribution in [0.25, 0.3) is 0 Å². The Morgan fingerprint density at radius 1 is 0.973 bits per heavy atom. The van der Waals surface area contributed by atoms with Crippen LogP contribution in [0, 0.1) is 17.8 Å². The normalized spacial score (nSPS) is 38.3. The number of nitrogens with zero attached hydrogens (tertiary/aromatic N) is 5. The molecule has 4 heterocycles. The topological polar surface area (TPSA) is 232 Å². The summed E-state index contributed by atoms with van der Waals surface area (Å²) < 4.78 is 78.6. The number of hydrogen-bond acceptors (Lipinski definition) is 18. The number of aromatic nitrogens is 3. The van der Waals surface area contributed by atoms with Gasteiger partial charge in [-0.05, 0) is 117 Å². The van der Waals surface area contributed by atoms with Crippen molar-refractivity contribution in [2.24, 2.45) is 17.8 Å². The van der Waals surface area contributed by atoms with Crippen molar-refractivity contribution in [2.75, 3.05) is 67.5 Å². The number of alkyl halides is 1. The van der Waals surface area contributed by atoms with E-state index in [1.54, 1.807) is 72.2 Å². The van der Waals surface area contributed by atoms with Crippen LogP contribution in [0.2, 0.25) is 0 Å². The highest BCUT2D eigenvalue weighted by Crippen LogP contribution is 2.40. The summed E-state index contributed by atoms with van der Waals surface area (Å²) >= 11 is -1.23. The Kier molecular flexibility index (Phi) is 23.3. The number of aliphatic hydroxyl groups is 4. The van der Waals surface area contributed by atoms with Crippen LogP contribution < -0.4 is 0 Å². The average Bonchev–Trinajstić information content (AvgIpc) is 3.84. The fraction of sp³-hybridized carbons (Fsp3) is 0.833. The lowest BCUT2D eigenvalue weighted by Crippen LogP contribution is -2.59. The minimum atomic E-state index is -1.83. The van der Waals surface area contributed by atoms with E-state index in [1.165, 1.54) is 25.8 Å². The van der Waals surface area contributed by atoms with Crippen LogP contribution in [0.5, 0.6) is 0 Å². The summed E-state index contributed by atoms with van der Waals surface area (Å²) in [7, 11) is 8.47. The van der Waals surface area contributed by atoms with Gasteiger partial charge in [-0.1, -0.05) is 38.1 Å². The third-order valence-electron chi connectivity index (χ3n) is 16.3. The van der Waals surface area contributed by atoms with Crippen LogP contribution >= 0.6 is 0 Å². The van der Waals surface area contributed by atoms with E-state index in [1.807, 2.05) is 46.7 Å². The maximum atomic E-state index is 14.9. The van der Waals surface area contributed by atoms with Gasteiger partial charge in [-0.25, -0.2) is 9.07 Å². The van der Waals surface area contributed by atoms with Crippen molar-refractivity contribution in [3.8, 4) is 0 Å². The Balaban J connectivity index is 1.40. The van der Waals surface area contributed by atoms with Crippen molar-refractivity contribution in [1.82, 2.24) is 24.8 Å². The molecule has 0 amide bonds. The smallest absolute Gasteiger partial charge is 0.311 e. The number of hydrogen-bond donors (Lipinski definition) is 4. The summed E-state index contributed by atoms with van der Waals surface area (Å²) in [5, 5.41) is 56.3. The van der Waals surface area contributed by atoms with Crippen molar-refractivity contribution >= 4 is 17.1 Å². The molecule has 3 fully saturated rings. The van der Waals surface area contributed by atoms with Crippen LogP contribution in [0.1, 0.15) is 125 Å². The van der Waals surface area contributed by atoms with Crippen LogP contribution in [0.4, 0.5) is 4.39 Å². The largest absolute Gasteiger partial charge is 0.611 e. The van der Waals surface area contributed by atoms with Gasteiger partial charge in [-0.15, -0.1) is 5.10 Å². The van der Waals surface area contributed by atoms with Gasteiger partial charge >= 0.3 is 5.97 Å². The van der Waals surface area contributed by atoms with Gasteiger partial charge in [0.1, 0.15) is 48.5 Å². The molecule has 0 saturated carbocycles. The number of aliphatic hydroxyl groups excluding tert-OH is 2. The molecule has 0 aliphatic carbocycles. The first-order valence-electron chi connectivity index (χ1n) is 26.8. The summed E-state index contributed by atoms with van der Waals surface area (Å²) in [4.78, 5) is 19.3. The van der Waals surface area contributed by atoms with Crippen molar-refractivity contribution in [3.05, 3.63) is 41.7 Å². The van der Waals surface area contributed by atoms with Crippen molar-refractivity contribution in [3.63, 3.8) is 0 Å². The van der Waals surface area contributed by atoms with Gasteiger partial charge in [0.05, 0.1) is 53.8 Å². The zero-order chi connectivity index (χ0) is 55.7. The quantitative estimate of drug-likeness (QED) is 0.109. The number of likely N-dealkylation sites (N-methyl/N-ethyl adjacent to an activating group) is 2. The average molecular weight is 1090 g/mol. The molecule has 0 radical (unpaired) electrons. The fourth-order valence-corrected chi connectivity index (χ4v) is 12.6. The maximum Gasteiger partial charge on any atom is 0.311 e. The van der Waals surface area contributed by atoms with Gasteiger partial charge in [0.15, 0.2) is 17.5 Å². The predicted octanol–water partition coefficient (Wildman–Crippen LogP) is 4.79. The molecule has 430 valence electrons. The van der Waals surface area contributed by atoms with Gasteiger partial charge in [0.25, 0.3) is 0 Å². The number of halogens is 1. The second-order valence-corrected chi connectivity index (χ2v) is 24.1. The lowest BCUT2D eigenvalue weighted by atomic mass is 9.77. The number of methoxy groups -OCH3 is 3. The molecule has 0 spiro atoms. The second kappa shape index (κ2) is 27.6. The Morgan fingerprint density at radius 3 is 2.27 bits per heavy atom. The zero-order valence-electron chi connectivity index (χ0n) is 47.3. The zero-order valence-corrected chi connectivity index (χ0v) is 48.1. The number of benzene rings is 1. The molecule has 0 bridgehead atoms. The lowest BCUT2D eigenvalue weighted by Gasteiger charge is -2.48. The van der Waals surface area contributed by atoms with Crippen LogP contribution in [-0.2, 0) is 60.3 Å². The number of rotatable bonds is 19. The summed E-state index contributed by atoms with van der Waals surface area (Å²) in [6, 6.07) is 5.71. The highest BCUT2D eigenvalue weighted by Gasteiger charge is 2.52. The molecule has 5 rings (SSSR count). The minimum absolute atomic E-state index is 0.0324. The van der Waals surface area contributed by atoms with E-state index in [4.69, 9.17) is 37.9 Å². The molecule has 75 heavy (non-hydrogen) atoms. The Morgan fingerprint density at radius 2 is 1.65 bits per heavy atom. The molecular formula is C54H92FN5O14S. The van der Waals surface area contributed by atoms with Crippen LogP contribution in [0.3, 0.4) is 0 Å². The summed E-state index contributed by atoms with van der Waals surface area (Å²) in [6.07, 6.45) is -4.82. The Hall–Kier alpha value is -2.45. The molecule has 3 saturated heterocycles. The molecule has 19 nitrogen and oxygen atoms in total. The third kappa shape index (κ3) is 15.7. The Bertz CT molecular complexity index is 2040. The minimum Gasteiger partial charge on any atom is -0.611 e. The van der Waals surface area contributed by atoms with Crippen LogP contribution in [0.15, 0.2) is 35.4 Å². The van der Waals surface area contributed by atoms with Gasteiger partial charge in [-0.3, -0.25) is 4.79 Å². The third-order valence-corrected chi connectivity index (χ3v) is 17.7. The number of carbonyl (C=O) groups is 1. The predicted molar refractivity (Wildman–Crippen MR) is 280 cm³/mol. The highest BCUT2D eigenvalue weighted by molar-refractivity contribution is 7.91. The van der Waals surface area contributed by atoms with E-state index < -0.39 is 120 Å². The van der Waals surface area contributed by atoms with E-state index >= 15 is 0 Å². The maximum absolute atomic E-state index is 14.9. The number of esters is 1. The van der Waals surface area contributed by atoms with Crippen molar-refractivity contribution in [2.45, 2.75) is 209 Å². The molecule has 20 atom stereocenters. The highest BCUT2D eigenvalue weighted by atomic mass is 32.2. The summed E-state index contributed by atoms with van der Waals surface area (Å²) in [6.45, 7) is 18.5. The fourth-order valence-electron chi connectivity index (χ4n) is 11.6. The van der Waals surface area contributed by atoms with Gasteiger partial charge < -0.3 is 72.7 Å². The van der Waals surface area contributed by atoms with Gasteiger partial charge in [0, 0.05) is 77.9 Å². The number of carbonyl (C=O) groups excluding carboxylic acids is 1. The first-order valence-corrected chi connectivity index (χ1v) is 28.1. The molecule has 4 N–H and O–H groups in total. The van der Waals surface area contributed by atoms with Gasteiger partial charge in [0.2, 0.25) is 0 Å². The molecule has 3 aliphatic rings. The molecule has 2 aromatic rings. The first kappa shape index (κ1) is 63.4. The summed E-state index contributed by atoms with van der Waals surface area (Å²) in [5.74, 6) is -2.23. The standard InChI is InChI=1S/C54H92FN5O14S/c1-16-43-54(10,65)48(61)36(6)59(12)30-32(2)27-52(8,64)50(34(4)46(35(5)51(63)72-43)73-45-28-53(9,69-15)49(62)37(7)71-45)74-44-26-40(25-33(3)70-44)58(11)22-21-39-31-60(57-56-39)42(29-55)47(68-14)38-17-19-41(20-18-38)75(66)24-23-67-13/h17-20,31-37,40,42-50,61-62,64-65H,16,21-30H2,1-15H3/t32-,33-,34+,35-,36-,37+,40+,42-,43-,44+,45+,46+,47-,48-,49+,50-,52-,53-,54-,75?/m1/s1. The molecule has 21 heteroatoms. The van der Waals surface area contributed by atoms with E-state index in [9.17, 15) is 34.2 Å². The number of cyclic esters (lactones) is 1. The van der Waals surface area contributed by atoms with E-state index in [2.05, 4.69) is 15.2 Å². The van der Waals surface area contributed by atoms with E-state index in [0.29, 0.717) is 60.9 Å². The van der Waals surface area contributed by atoms with Crippen molar-refractivity contribution < 1.29 is 72.1 Å². The molecule has 1 aromatic heterocycles. The van der Waals surface area contributed by atoms with Crippen LogP contribution in [-0.4, -0.2) is 207 Å². The summed E-state index contributed by atoms with van der Waals surface area (Å²) in [5.41, 5.74) is -3.05. The first-order chi connectivity index (χ1) is 35.2.